The van der Waals surface area contributed by atoms with Crippen LogP contribution in [0.25, 0.3) is 0 Å². The van der Waals surface area contributed by atoms with E-state index < -0.39 is 6.04 Å². The van der Waals surface area contributed by atoms with Crippen LogP contribution in [0.4, 0.5) is 5.69 Å². The number of nitrogens with one attached hydrogen (secondary N) is 1. The van der Waals surface area contributed by atoms with Crippen molar-refractivity contribution in [3.05, 3.63) is 89.7 Å². The van der Waals surface area contributed by atoms with Gasteiger partial charge >= 0.3 is 0 Å². The van der Waals surface area contributed by atoms with Crippen molar-refractivity contribution in [3.8, 4) is 5.75 Å². The highest BCUT2D eigenvalue weighted by Gasteiger charge is 2.31. The van der Waals surface area contributed by atoms with Gasteiger partial charge in [-0.3, -0.25) is 19.4 Å². The number of aliphatic hydroxyl groups is 1. The van der Waals surface area contributed by atoms with Crippen LogP contribution in [0.3, 0.4) is 0 Å². The highest BCUT2D eigenvalue weighted by molar-refractivity contribution is 6.00. The number of aromatic nitrogens is 1. The topological polar surface area (TPSA) is 121 Å². The Kier molecular flexibility index (Phi) is 12.7. The molecule has 3 aromatic rings. The number of hydrogen-bond donors (Lipinski definition) is 2. The maximum atomic E-state index is 14.3. The molecular formula is C36H46N4O6. The van der Waals surface area contributed by atoms with Crippen LogP contribution in [-0.4, -0.2) is 89.2 Å². The van der Waals surface area contributed by atoms with Crippen molar-refractivity contribution < 1.29 is 29.0 Å². The molecule has 0 bridgehead atoms. The normalized spacial score (nSPS) is 20.1. The summed E-state index contributed by atoms with van der Waals surface area (Å²) in [6, 6.07) is 17.4. The van der Waals surface area contributed by atoms with E-state index in [-0.39, 0.29) is 55.4 Å². The van der Waals surface area contributed by atoms with Crippen molar-refractivity contribution in [2.45, 2.75) is 64.7 Å². The number of carbonyl (C=O) groups excluding carboxylic acids is 3. The molecule has 0 spiro atoms. The lowest BCUT2D eigenvalue weighted by Crippen LogP contribution is -2.48. The molecule has 46 heavy (non-hydrogen) atoms. The zero-order chi connectivity index (χ0) is 33.1. The Morgan fingerprint density at radius 1 is 1.09 bits per heavy atom. The Balaban J connectivity index is 1.60. The van der Waals surface area contributed by atoms with Gasteiger partial charge in [0.1, 0.15) is 5.75 Å². The Morgan fingerprint density at radius 3 is 2.54 bits per heavy atom. The number of rotatable bonds is 8. The zero-order valence-electron chi connectivity index (χ0n) is 27.2. The van der Waals surface area contributed by atoms with E-state index in [9.17, 15) is 19.5 Å². The average molecular weight is 631 g/mol. The quantitative estimate of drug-likeness (QED) is 0.366. The first-order valence-electron chi connectivity index (χ1n) is 16.0. The Morgan fingerprint density at radius 2 is 1.83 bits per heavy atom. The molecule has 0 radical (unpaired) electrons. The fourth-order valence-electron chi connectivity index (χ4n) is 5.52. The summed E-state index contributed by atoms with van der Waals surface area (Å²) in [7, 11) is 1.74. The molecule has 0 fully saturated rings. The van der Waals surface area contributed by atoms with Gasteiger partial charge in [-0.2, -0.15) is 0 Å². The third-order valence-electron chi connectivity index (χ3n) is 8.27. The van der Waals surface area contributed by atoms with Gasteiger partial charge in [0.25, 0.3) is 11.8 Å². The minimum Gasteiger partial charge on any atom is -0.490 e. The van der Waals surface area contributed by atoms with Crippen molar-refractivity contribution in [1.29, 1.82) is 0 Å². The molecule has 4 rings (SSSR count). The number of nitrogens with zero attached hydrogens (tertiary/aromatic N) is 3. The minimum atomic E-state index is -0.513. The first-order valence-corrected chi connectivity index (χ1v) is 16.0. The molecule has 2 aromatic carbocycles. The van der Waals surface area contributed by atoms with E-state index in [2.05, 4.69) is 10.3 Å². The lowest BCUT2D eigenvalue weighted by atomic mass is 10.0. The summed E-state index contributed by atoms with van der Waals surface area (Å²) in [4.78, 5) is 47.6. The molecule has 0 aliphatic carbocycles. The number of benzene rings is 2. The fourth-order valence-corrected chi connectivity index (χ4v) is 5.52. The number of carbonyl (C=O) groups is 3. The van der Waals surface area contributed by atoms with Crippen LogP contribution in [0.5, 0.6) is 5.75 Å². The molecule has 1 aliphatic heterocycles. The van der Waals surface area contributed by atoms with Crippen LogP contribution in [-0.2, 0) is 16.0 Å². The second-order valence-corrected chi connectivity index (χ2v) is 12.1. The van der Waals surface area contributed by atoms with Crippen LogP contribution in [0.1, 0.15) is 66.3 Å². The molecule has 246 valence electrons. The first kappa shape index (κ1) is 34.6. The molecule has 4 atom stereocenters. The van der Waals surface area contributed by atoms with Gasteiger partial charge in [0.15, 0.2) is 0 Å². The Labute approximate surface area is 271 Å². The van der Waals surface area contributed by atoms with E-state index in [1.54, 1.807) is 66.5 Å². The van der Waals surface area contributed by atoms with Crippen molar-refractivity contribution in [2.24, 2.45) is 5.92 Å². The largest absolute Gasteiger partial charge is 0.490 e. The molecule has 0 unspecified atom stereocenters. The van der Waals surface area contributed by atoms with Crippen molar-refractivity contribution in [1.82, 2.24) is 14.8 Å². The van der Waals surface area contributed by atoms with Crippen LogP contribution in [0.2, 0.25) is 0 Å². The number of likely N-dealkylation sites (N-methyl/N-ethyl adjacent to an activating group) is 1. The molecule has 10 heteroatoms. The van der Waals surface area contributed by atoms with E-state index in [1.807, 2.05) is 44.2 Å². The minimum absolute atomic E-state index is 0.143. The van der Waals surface area contributed by atoms with Gasteiger partial charge in [-0.25, -0.2) is 0 Å². The van der Waals surface area contributed by atoms with Crippen LogP contribution >= 0.6 is 0 Å². The molecule has 2 heterocycles. The van der Waals surface area contributed by atoms with Gasteiger partial charge < -0.3 is 29.7 Å². The van der Waals surface area contributed by atoms with Crippen molar-refractivity contribution in [2.75, 3.05) is 38.7 Å². The standard InChI is InChI=1S/C36H46N4O6/c1-25-22-40(26(2)24-41)36(44)31-21-30(38-34(42)20-28-11-6-5-7-12-28)13-14-32(31)46-27(3)10-8-9-19-45-33(25)23-39(4)35(43)29-15-17-37-18-16-29/h5-7,11-18,21,25-27,33,41H,8-10,19-20,22-24H2,1-4H3,(H,38,42)/t25-,26-,27-,33+/m1/s1. The molecule has 3 amide bonds. The smallest absolute Gasteiger partial charge is 0.258 e. The molecule has 10 nitrogen and oxygen atoms in total. The molecule has 1 aliphatic rings. The van der Waals surface area contributed by atoms with Gasteiger partial charge in [-0.15, -0.1) is 0 Å². The zero-order valence-corrected chi connectivity index (χ0v) is 27.2. The number of ether oxygens (including phenoxy) is 2. The summed E-state index contributed by atoms with van der Waals surface area (Å²) in [5.74, 6) is -0.435. The summed E-state index contributed by atoms with van der Waals surface area (Å²) in [6.07, 6.45) is 5.27. The predicted molar refractivity (Wildman–Crippen MR) is 177 cm³/mol. The highest BCUT2D eigenvalue weighted by Crippen LogP contribution is 2.28. The maximum absolute atomic E-state index is 14.3. The summed E-state index contributed by atoms with van der Waals surface area (Å²) in [5.41, 5.74) is 2.20. The van der Waals surface area contributed by atoms with Crippen LogP contribution in [0, 0.1) is 5.92 Å². The number of anilines is 1. The second-order valence-electron chi connectivity index (χ2n) is 12.1. The SMILES string of the molecule is C[C@@H]1CCCCO[C@@H](CN(C)C(=O)c2ccncc2)[C@H](C)CN([C@H](C)CO)C(=O)c2cc(NC(=O)Cc3ccccc3)ccc2O1. The molecule has 0 saturated carbocycles. The van der Waals surface area contributed by atoms with Gasteiger partial charge in [0.05, 0.1) is 36.8 Å². The Bertz CT molecular complexity index is 1440. The van der Waals surface area contributed by atoms with Crippen molar-refractivity contribution in [3.63, 3.8) is 0 Å². The van der Waals surface area contributed by atoms with Gasteiger partial charge in [0, 0.05) is 56.3 Å². The fraction of sp³-hybridized carbons (Fsp3) is 0.444. The summed E-state index contributed by atoms with van der Waals surface area (Å²) in [6.45, 7) is 6.60. The van der Waals surface area contributed by atoms with Crippen molar-refractivity contribution >= 4 is 23.4 Å². The van der Waals surface area contributed by atoms with E-state index in [1.165, 1.54) is 0 Å². The lowest BCUT2D eigenvalue weighted by Gasteiger charge is -2.36. The van der Waals surface area contributed by atoms with Gasteiger partial charge in [-0.1, -0.05) is 37.3 Å². The average Bonchev–Trinajstić information content (AvgIpc) is 3.06. The summed E-state index contributed by atoms with van der Waals surface area (Å²) >= 11 is 0. The number of aliphatic hydroxyl groups excluding tert-OH is 1. The summed E-state index contributed by atoms with van der Waals surface area (Å²) < 4.78 is 12.7. The molecule has 1 aromatic heterocycles. The van der Waals surface area contributed by atoms with Gasteiger partial charge in [0.2, 0.25) is 5.91 Å². The Hall–Kier alpha value is -4.28. The van der Waals surface area contributed by atoms with Crippen LogP contribution < -0.4 is 10.1 Å². The molecule has 0 saturated heterocycles. The first-order chi connectivity index (χ1) is 22.2. The van der Waals surface area contributed by atoms with E-state index in [0.717, 1.165) is 24.8 Å². The third kappa shape index (κ3) is 9.61. The third-order valence-corrected chi connectivity index (χ3v) is 8.27. The van der Waals surface area contributed by atoms with E-state index in [4.69, 9.17) is 9.47 Å². The van der Waals surface area contributed by atoms with Crippen LogP contribution in [0.15, 0.2) is 73.1 Å². The number of amides is 3. The van der Waals surface area contributed by atoms with E-state index in [0.29, 0.717) is 35.7 Å². The van der Waals surface area contributed by atoms with E-state index >= 15 is 0 Å². The monoisotopic (exact) mass is 630 g/mol. The second kappa shape index (κ2) is 16.9. The highest BCUT2D eigenvalue weighted by atomic mass is 16.5. The number of hydrogen-bond acceptors (Lipinski definition) is 7. The number of pyridine rings is 1. The molecular weight excluding hydrogens is 584 g/mol. The number of fused-ring (bicyclic) bond motifs is 1. The lowest BCUT2D eigenvalue weighted by molar-refractivity contribution is -0.115. The molecule has 2 N–H and O–H groups in total. The summed E-state index contributed by atoms with van der Waals surface area (Å²) in [5, 5.41) is 13.1. The predicted octanol–water partition coefficient (Wildman–Crippen LogP) is 4.83. The van der Waals surface area contributed by atoms with Gasteiger partial charge in [-0.05, 0) is 69.0 Å². The maximum Gasteiger partial charge on any atom is 0.258 e.